The van der Waals surface area contributed by atoms with Gasteiger partial charge in [0.2, 0.25) is 0 Å². The molecule has 8 aromatic carbocycles. The van der Waals surface area contributed by atoms with Crippen molar-refractivity contribution in [3.63, 3.8) is 0 Å². The van der Waals surface area contributed by atoms with Gasteiger partial charge in [0, 0.05) is 55.2 Å². The van der Waals surface area contributed by atoms with E-state index < -0.39 is 0 Å². The van der Waals surface area contributed by atoms with Crippen LogP contribution in [0.25, 0.3) is 82.5 Å². The average molecular weight is 705 g/mol. The van der Waals surface area contributed by atoms with Gasteiger partial charge < -0.3 is 13.4 Å². The molecule has 0 N–H and O–H groups in total. The molecule has 12 rings (SSSR count). The number of furan rings is 2. The van der Waals surface area contributed by atoms with Gasteiger partial charge in [-0.3, -0.25) is 4.99 Å². The standard InChI is InChI=1S/C51H32N2O2/c1-2-11-31(12-3-1)43-29-34-13-4-5-14-36(34)51(52-43)40-17-10-20-48-50(40)39-24-23-35(30-49(39)55-48)53-44-18-8-6-15-37(44)41-27-32(21-25-45(41)53)33-22-26-47-42(28-33)38-16-7-9-19-46(38)54-47/h1-28,30,43H,29H2. The summed E-state index contributed by atoms with van der Waals surface area (Å²) in [5.74, 6) is 0. The molecule has 11 aromatic rings. The minimum absolute atomic E-state index is 0.0513. The Kier molecular flexibility index (Phi) is 6.43. The molecular weight excluding hydrogens is 673 g/mol. The molecule has 258 valence electrons. The van der Waals surface area contributed by atoms with E-state index in [0.29, 0.717) is 0 Å². The van der Waals surface area contributed by atoms with Crippen LogP contribution in [-0.2, 0) is 6.42 Å². The number of aromatic nitrogens is 1. The van der Waals surface area contributed by atoms with E-state index in [1.54, 1.807) is 0 Å². The lowest BCUT2D eigenvalue weighted by molar-refractivity contribution is 0.668. The Hall–Kier alpha value is -7.17. The van der Waals surface area contributed by atoms with Crippen LogP contribution in [0.2, 0.25) is 0 Å². The molecule has 0 radical (unpaired) electrons. The van der Waals surface area contributed by atoms with E-state index in [9.17, 15) is 0 Å². The van der Waals surface area contributed by atoms with Gasteiger partial charge in [0.15, 0.2) is 0 Å². The number of benzene rings is 8. The summed E-state index contributed by atoms with van der Waals surface area (Å²) < 4.78 is 15.2. The highest BCUT2D eigenvalue weighted by molar-refractivity contribution is 6.25. The fraction of sp³-hybridized carbons (Fsp3) is 0.0392. The first kappa shape index (κ1) is 30.3. The van der Waals surface area contributed by atoms with E-state index in [1.165, 1.54) is 33.0 Å². The van der Waals surface area contributed by atoms with Crippen LogP contribution < -0.4 is 0 Å². The highest BCUT2D eigenvalue weighted by Crippen LogP contribution is 2.41. The quantitative estimate of drug-likeness (QED) is 0.183. The molecule has 1 aliphatic heterocycles. The third-order valence-corrected chi connectivity index (χ3v) is 11.5. The molecule has 1 unspecified atom stereocenters. The van der Waals surface area contributed by atoms with E-state index in [0.717, 1.165) is 83.9 Å². The first-order valence-electron chi connectivity index (χ1n) is 18.9. The van der Waals surface area contributed by atoms with E-state index in [1.807, 2.05) is 12.1 Å². The number of aliphatic imine (C=N–C) groups is 1. The molecule has 0 saturated heterocycles. The van der Waals surface area contributed by atoms with Crippen LogP contribution in [0.1, 0.15) is 28.3 Å². The molecule has 0 aliphatic carbocycles. The summed E-state index contributed by atoms with van der Waals surface area (Å²) in [6.07, 6.45) is 0.881. The predicted molar refractivity (Wildman–Crippen MR) is 226 cm³/mol. The minimum atomic E-state index is 0.0513. The second kappa shape index (κ2) is 11.7. The number of fused-ring (bicyclic) bond motifs is 10. The first-order valence-corrected chi connectivity index (χ1v) is 18.9. The maximum absolute atomic E-state index is 6.71. The molecule has 0 amide bonds. The lowest BCUT2D eigenvalue weighted by Gasteiger charge is -2.24. The van der Waals surface area contributed by atoms with Gasteiger partial charge in [0.25, 0.3) is 0 Å². The molecule has 0 bridgehead atoms. The Balaban J connectivity index is 1.01. The highest BCUT2D eigenvalue weighted by Gasteiger charge is 2.26. The summed E-state index contributed by atoms with van der Waals surface area (Å²) in [5, 5.41) is 6.87. The Bertz CT molecular complexity index is 3360. The molecule has 3 aromatic heterocycles. The lowest BCUT2D eigenvalue weighted by Crippen LogP contribution is -2.17. The van der Waals surface area contributed by atoms with Crippen LogP contribution in [-0.4, -0.2) is 10.3 Å². The zero-order chi connectivity index (χ0) is 36.0. The molecule has 0 fully saturated rings. The number of nitrogens with zero attached hydrogens (tertiary/aromatic N) is 2. The Morgan fingerprint density at radius 1 is 0.455 bits per heavy atom. The van der Waals surface area contributed by atoms with Crippen molar-refractivity contribution in [1.82, 2.24) is 4.57 Å². The fourth-order valence-corrected chi connectivity index (χ4v) is 8.98. The molecule has 0 saturated carbocycles. The fourth-order valence-electron chi connectivity index (χ4n) is 8.98. The first-order chi connectivity index (χ1) is 27.2. The summed E-state index contributed by atoms with van der Waals surface area (Å²) in [5.41, 5.74) is 15.1. The lowest BCUT2D eigenvalue weighted by atomic mass is 9.87. The normalized spacial score (nSPS) is 14.4. The maximum atomic E-state index is 6.71. The van der Waals surface area contributed by atoms with Crippen LogP contribution >= 0.6 is 0 Å². The minimum Gasteiger partial charge on any atom is -0.456 e. The topological polar surface area (TPSA) is 43.6 Å². The van der Waals surface area contributed by atoms with Crippen LogP contribution in [0.3, 0.4) is 0 Å². The van der Waals surface area contributed by atoms with Crippen LogP contribution in [0.15, 0.2) is 190 Å². The SMILES string of the molecule is c1ccc(C2Cc3ccccc3C(c3cccc4oc5cc(-n6c7ccccc7c7cc(-c8ccc9oc%10ccccc%10c9c8)ccc76)ccc5c34)=N2)cc1. The van der Waals surface area contributed by atoms with Crippen molar-refractivity contribution in [1.29, 1.82) is 0 Å². The second-order valence-electron chi connectivity index (χ2n) is 14.6. The third-order valence-electron chi connectivity index (χ3n) is 11.5. The number of rotatable bonds is 4. The van der Waals surface area contributed by atoms with Crippen molar-refractivity contribution in [2.75, 3.05) is 0 Å². The predicted octanol–water partition coefficient (Wildman–Crippen LogP) is 13.4. The number of hydrogen-bond donors (Lipinski definition) is 0. The van der Waals surface area contributed by atoms with E-state index in [4.69, 9.17) is 13.8 Å². The van der Waals surface area contributed by atoms with Gasteiger partial charge in [-0.2, -0.15) is 0 Å². The van der Waals surface area contributed by atoms with Gasteiger partial charge >= 0.3 is 0 Å². The van der Waals surface area contributed by atoms with Gasteiger partial charge in [0.1, 0.15) is 22.3 Å². The van der Waals surface area contributed by atoms with Crippen molar-refractivity contribution in [2.45, 2.75) is 12.5 Å². The summed E-state index contributed by atoms with van der Waals surface area (Å²) in [7, 11) is 0. The Labute approximate surface area is 316 Å². The molecule has 4 heteroatoms. The smallest absolute Gasteiger partial charge is 0.137 e. The summed E-state index contributed by atoms with van der Waals surface area (Å²) >= 11 is 0. The molecule has 55 heavy (non-hydrogen) atoms. The summed E-state index contributed by atoms with van der Waals surface area (Å²) in [6, 6.07) is 62.7. The Morgan fingerprint density at radius 2 is 1.15 bits per heavy atom. The van der Waals surface area contributed by atoms with Crippen LogP contribution in [0.5, 0.6) is 0 Å². The van der Waals surface area contributed by atoms with Crippen molar-refractivity contribution < 1.29 is 8.83 Å². The monoisotopic (exact) mass is 704 g/mol. The maximum Gasteiger partial charge on any atom is 0.137 e. The van der Waals surface area contributed by atoms with Crippen molar-refractivity contribution in [2.24, 2.45) is 4.99 Å². The van der Waals surface area contributed by atoms with Gasteiger partial charge in [0.05, 0.1) is 22.8 Å². The largest absolute Gasteiger partial charge is 0.456 e. The van der Waals surface area contributed by atoms with Gasteiger partial charge in [-0.25, -0.2) is 0 Å². The van der Waals surface area contributed by atoms with Crippen LogP contribution in [0.4, 0.5) is 0 Å². The highest BCUT2D eigenvalue weighted by atomic mass is 16.3. The van der Waals surface area contributed by atoms with E-state index in [2.05, 4.69) is 168 Å². The van der Waals surface area contributed by atoms with E-state index in [-0.39, 0.29) is 6.04 Å². The van der Waals surface area contributed by atoms with Crippen molar-refractivity contribution in [3.8, 4) is 16.8 Å². The second-order valence-corrected chi connectivity index (χ2v) is 14.6. The zero-order valence-electron chi connectivity index (χ0n) is 29.7. The van der Waals surface area contributed by atoms with Crippen molar-refractivity contribution >= 4 is 71.4 Å². The number of para-hydroxylation sites is 2. The Morgan fingerprint density at radius 3 is 2.07 bits per heavy atom. The van der Waals surface area contributed by atoms with Gasteiger partial charge in [-0.1, -0.05) is 115 Å². The van der Waals surface area contributed by atoms with Crippen molar-refractivity contribution in [3.05, 3.63) is 198 Å². The number of hydrogen-bond acceptors (Lipinski definition) is 3. The van der Waals surface area contributed by atoms with Gasteiger partial charge in [-0.15, -0.1) is 0 Å². The molecular formula is C51H32N2O2. The van der Waals surface area contributed by atoms with Gasteiger partial charge in [-0.05, 0) is 83.3 Å². The third kappa shape index (κ3) is 4.61. The van der Waals surface area contributed by atoms with E-state index >= 15 is 0 Å². The summed E-state index contributed by atoms with van der Waals surface area (Å²) in [4.78, 5) is 5.45. The summed E-state index contributed by atoms with van der Waals surface area (Å²) in [6.45, 7) is 0. The molecule has 1 atom stereocenters. The molecule has 4 heterocycles. The average Bonchev–Trinajstić information content (AvgIpc) is 3.92. The molecule has 4 nitrogen and oxygen atoms in total. The molecule has 1 aliphatic rings. The zero-order valence-corrected chi connectivity index (χ0v) is 29.7. The van der Waals surface area contributed by atoms with Crippen LogP contribution in [0, 0.1) is 0 Å². The molecule has 0 spiro atoms.